The molecule has 0 fully saturated rings. The van der Waals surface area contributed by atoms with Crippen LogP contribution in [0, 0.1) is 0 Å². The van der Waals surface area contributed by atoms with E-state index in [1.165, 1.54) is 5.01 Å². The molecule has 0 amide bonds. The zero-order valence-corrected chi connectivity index (χ0v) is 7.70. The lowest BCUT2D eigenvalue weighted by atomic mass is 10.4. The molecule has 0 saturated carbocycles. The van der Waals surface area contributed by atoms with E-state index in [-0.39, 0.29) is 0 Å². The number of phosphoric acid groups is 1. The summed E-state index contributed by atoms with van der Waals surface area (Å²) in [7, 11) is -4.59. The number of hydrazone groups is 1. The first-order valence-electron chi connectivity index (χ1n) is 3.59. The summed E-state index contributed by atoms with van der Waals surface area (Å²) in [5, 5.41) is 5.76. The van der Waals surface area contributed by atoms with Gasteiger partial charge in [0.2, 0.25) is 0 Å². The fraction of sp³-hybridized carbons (Fsp3) is 0. The van der Waals surface area contributed by atoms with E-state index in [4.69, 9.17) is 9.79 Å². The summed E-state index contributed by atoms with van der Waals surface area (Å²) >= 11 is 0. The smallest absolute Gasteiger partial charge is 0.301 e. The van der Waals surface area contributed by atoms with Gasteiger partial charge >= 0.3 is 7.82 Å². The van der Waals surface area contributed by atoms with Crippen molar-refractivity contribution < 1.29 is 19.0 Å². The van der Waals surface area contributed by atoms with Gasteiger partial charge < -0.3 is 9.79 Å². The number of nitrogens with zero attached hydrogens (tertiary/aromatic N) is 3. The molecule has 0 saturated heterocycles. The van der Waals surface area contributed by atoms with Gasteiger partial charge in [-0.3, -0.25) is 0 Å². The Kier molecular flexibility index (Phi) is 2.14. The second kappa shape index (κ2) is 3.19. The van der Waals surface area contributed by atoms with Crippen LogP contribution in [0.3, 0.4) is 0 Å². The highest BCUT2D eigenvalue weighted by molar-refractivity contribution is 7.46. The summed E-state index contributed by atoms with van der Waals surface area (Å²) < 4.78 is 14.6. The fourth-order valence-corrected chi connectivity index (χ4v) is 1.22. The zero-order valence-electron chi connectivity index (χ0n) is 6.81. The normalized spacial score (nSPS) is 20.0. The second-order valence-corrected chi connectivity index (χ2v) is 3.62. The molecule has 8 nitrogen and oxygen atoms in total. The predicted octanol–water partition coefficient (Wildman–Crippen LogP) is -0.555. The van der Waals surface area contributed by atoms with E-state index >= 15 is 0 Å². The van der Waals surface area contributed by atoms with E-state index in [9.17, 15) is 4.57 Å². The summed E-state index contributed by atoms with van der Waals surface area (Å²) in [4.78, 5) is 17.0. The van der Waals surface area contributed by atoms with Crippen molar-refractivity contribution in [2.45, 2.75) is 0 Å². The SMILES string of the molecule is O=P(O)(O)ON1N=C2C=CC=CN2N1. The Hall–Kier alpha value is -1.18. The monoisotopic (exact) mass is 218 g/mol. The highest BCUT2D eigenvalue weighted by Crippen LogP contribution is 2.37. The van der Waals surface area contributed by atoms with Gasteiger partial charge in [0.1, 0.15) is 0 Å². The Morgan fingerprint density at radius 1 is 1.50 bits per heavy atom. The van der Waals surface area contributed by atoms with Gasteiger partial charge in [-0.1, -0.05) is 16.9 Å². The Balaban J connectivity index is 2.07. The molecule has 2 rings (SSSR count). The molecule has 0 aromatic heterocycles. The van der Waals surface area contributed by atoms with Crippen molar-refractivity contribution in [2.75, 3.05) is 0 Å². The third-order valence-corrected chi connectivity index (χ3v) is 1.78. The van der Waals surface area contributed by atoms with Gasteiger partial charge in [-0.2, -0.15) is 0 Å². The fourth-order valence-electron chi connectivity index (χ4n) is 0.945. The van der Waals surface area contributed by atoms with Crippen LogP contribution in [0.4, 0.5) is 0 Å². The van der Waals surface area contributed by atoms with Crippen LogP contribution in [0.15, 0.2) is 29.5 Å². The molecular weight excluding hydrogens is 211 g/mol. The minimum absolute atomic E-state index is 0.473. The molecule has 0 aliphatic carbocycles. The molecule has 0 spiro atoms. The van der Waals surface area contributed by atoms with Gasteiger partial charge in [0.15, 0.2) is 5.84 Å². The van der Waals surface area contributed by atoms with Gasteiger partial charge in [-0.15, -0.1) is 9.73 Å². The molecule has 2 heterocycles. The number of allylic oxidation sites excluding steroid dienone is 2. The Morgan fingerprint density at radius 3 is 2.93 bits per heavy atom. The molecule has 0 unspecified atom stereocenters. The standard InChI is InChI=1S/C5H7N4O4P/c10-14(11,12)13-9-6-5-3-1-2-4-8(5)7-9/h1-4,7H,(H2,10,11,12). The Morgan fingerprint density at radius 2 is 2.29 bits per heavy atom. The van der Waals surface area contributed by atoms with Crippen LogP contribution in [0.5, 0.6) is 0 Å². The molecule has 0 atom stereocenters. The number of fused-ring (bicyclic) bond motifs is 1. The minimum atomic E-state index is -4.59. The first kappa shape index (κ1) is 9.38. The van der Waals surface area contributed by atoms with Crippen LogP contribution in [-0.2, 0) is 9.19 Å². The molecule has 0 radical (unpaired) electrons. The van der Waals surface area contributed by atoms with E-state index in [2.05, 4.69) is 15.3 Å². The van der Waals surface area contributed by atoms with E-state index in [1.807, 2.05) is 0 Å². The summed E-state index contributed by atoms with van der Waals surface area (Å²) in [6, 6.07) is 0. The summed E-state index contributed by atoms with van der Waals surface area (Å²) in [6.07, 6.45) is 6.74. The molecular formula is C5H7N4O4P. The topological polar surface area (TPSA) is 97.6 Å². The Bertz CT molecular complexity index is 372. The molecule has 2 aliphatic rings. The van der Waals surface area contributed by atoms with Gasteiger partial charge in [0.05, 0.1) is 0 Å². The van der Waals surface area contributed by atoms with Crippen molar-refractivity contribution >= 4 is 13.7 Å². The molecule has 3 N–H and O–H groups in total. The maximum absolute atomic E-state index is 10.5. The van der Waals surface area contributed by atoms with Crippen molar-refractivity contribution in [3.63, 3.8) is 0 Å². The molecule has 76 valence electrons. The maximum Gasteiger partial charge on any atom is 0.493 e. The lowest BCUT2D eigenvalue weighted by molar-refractivity contribution is -0.137. The van der Waals surface area contributed by atoms with Crippen LogP contribution < -0.4 is 5.53 Å². The number of hydrazine groups is 2. The Labute approximate surface area is 78.9 Å². The third-order valence-electron chi connectivity index (χ3n) is 1.41. The van der Waals surface area contributed by atoms with E-state index < -0.39 is 7.82 Å². The maximum atomic E-state index is 10.5. The number of rotatable bonds is 2. The molecule has 0 aromatic rings. The van der Waals surface area contributed by atoms with Crippen LogP contribution in [0.25, 0.3) is 0 Å². The number of hydrogen-bond acceptors (Lipinski definition) is 6. The van der Waals surface area contributed by atoms with E-state index in [0.717, 1.165) is 0 Å². The first-order valence-corrected chi connectivity index (χ1v) is 5.12. The highest BCUT2D eigenvalue weighted by atomic mass is 31.2. The molecule has 9 heteroatoms. The molecule has 0 bridgehead atoms. The van der Waals surface area contributed by atoms with Gasteiger partial charge in [-0.05, 0) is 12.2 Å². The summed E-state index contributed by atoms with van der Waals surface area (Å²) in [5.74, 6) is 0.473. The van der Waals surface area contributed by atoms with Crippen LogP contribution in [0.2, 0.25) is 0 Å². The summed E-state index contributed by atoms with van der Waals surface area (Å²) in [6.45, 7) is 0. The van der Waals surface area contributed by atoms with Gasteiger partial charge in [0, 0.05) is 6.20 Å². The molecule has 14 heavy (non-hydrogen) atoms. The van der Waals surface area contributed by atoms with Crippen molar-refractivity contribution in [3.8, 4) is 0 Å². The largest absolute Gasteiger partial charge is 0.493 e. The lowest BCUT2D eigenvalue weighted by Crippen LogP contribution is -2.39. The molecule has 2 aliphatic heterocycles. The van der Waals surface area contributed by atoms with Crippen molar-refractivity contribution in [1.29, 1.82) is 0 Å². The summed E-state index contributed by atoms with van der Waals surface area (Å²) in [5.41, 5.74) is 2.46. The second-order valence-electron chi connectivity index (χ2n) is 2.47. The van der Waals surface area contributed by atoms with Gasteiger partial charge in [0.25, 0.3) is 0 Å². The van der Waals surface area contributed by atoms with Crippen molar-refractivity contribution in [2.24, 2.45) is 5.10 Å². The quantitative estimate of drug-likeness (QED) is 0.534. The zero-order chi connectivity index (χ0) is 10.2. The van der Waals surface area contributed by atoms with Crippen LogP contribution in [-0.4, -0.2) is 25.9 Å². The number of nitrogens with one attached hydrogen (secondary N) is 1. The molecule has 0 aromatic carbocycles. The average molecular weight is 218 g/mol. The van der Waals surface area contributed by atoms with Crippen LogP contribution in [0.1, 0.15) is 0 Å². The van der Waals surface area contributed by atoms with Gasteiger partial charge in [-0.25, -0.2) is 9.57 Å². The lowest BCUT2D eigenvalue weighted by Gasteiger charge is -2.17. The van der Waals surface area contributed by atoms with Crippen molar-refractivity contribution in [1.82, 2.24) is 15.8 Å². The van der Waals surface area contributed by atoms with E-state index in [1.54, 1.807) is 24.4 Å². The first-order chi connectivity index (χ1) is 6.54. The van der Waals surface area contributed by atoms with E-state index in [0.29, 0.717) is 11.1 Å². The minimum Gasteiger partial charge on any atom is -0.301 e. The third kappa shape index (κ3) is 2.00. The van der Waals surface area contributed by atoms with Crippen LogP contribution >= 0.6 is 7.82 Å². The number of amidine groups is 1. The predicted molar refractivity (Wildman–Crippen MR) is 45.7 cm³/mol. The van der Waals surface area contributed by atoms with Crippen molar-refractivity contribution in [3.05, 3.63) is 24.4 Å². The highest BCUT2D eigenvalue weighted by Gasteiger charge is 2.27. The average Bonchev–Trinajstić information content (AvgIpc) is 2.42. The number of hydrogen-bond donors (Lipinski definition) is 3.